The second kappa shape index (κ2) is 10.7. The van der Waals surface area contributed by atoms with Crippen molar-refractivity contribution in [2.24, 2.45) is 5.92 Å². The number of hydrogen-bond donors (Lipinski definition) is 1. The molecule has 7 heteroatoms. The molecule has 1 N–H and O–H groups in total. The van der Waals surface area contributed by atoms with E-state index in [-0.39, 0.29) is 12.2 Å². The molecule has 5 rings (SSSR count). The standard InChI is InChI=1S/C26H35N3O4/c1-18-2-6-20(7-3-18)28-26-27-16-24(25(29-26)33-23-12-15-31-17-23)19-4-8-21(9-5-19)32-22-10-13-30-14-11-22/h4-5,8-9,16,18,20,22-23H,2-3,6-7,10-15,17H2,1H3,(H,27,28,29). The van der Waals surface area contributed by atoms with Crippen molar-refractivity contribution in [1.82, 2.24) is 9.97 Å². The van der Waals surface area contributed by atoms with Gasteiger partial charge in [-0.2, -0.15) is 4.98 Å². The molecule has 3 aliphatic rings. The van der Waals surface area contributed by atoms with Crippen molar-refractivity contribution in [3.05, 3.63) is 30.5 Å². The van der Waals surface area contributed by atoms with Crippen LogP contribution in [0.5, 0.6) is 11.6 Å². The second-order valence-corrected chi connectivity index (χ2v) is 9.57. The summed E-state index contributed by atoms with van der Waals surface area (Å²) in [5.74, 6) is 2.95. The minimum atomic E-state index is 0.0261. The van der Waals surface area contributed by atoms with E-state index in [9.17, 15) is 0 Å². The van der Waals surface area contributed by atoms with Crippen LogP contribution in [0.2, 0.25) is 0 Å². The largest absolute Gasteiger partial charge is 0.490 e. The summed E-state index contributed by atoms with van der Waals surface area (Å²) in [5.41, 5.74) is 1.91. The third-order valence-corrected chi connectivity index (χ3v) is 6.91. The van der Waals surface area contributed by atoms with Gasteiger partial charge in [-0.3, -0.25) is 0 Å². The highest BCUT2D eigenvalue weighted by atomic mass is 16.5. The summed E-state index contributed by atoms with van der Waals surface area (Å²) in [6.07, 6.45) is 9.70. The summed E-state index contributed by atoms with van der Waals surface area (Å²) < 4.78 is 23.4. The number of nitrogens with one attached hydrogen (secondary N) is 1. The van der Waals surface area contributed by atoms with Crippen LogP contribution in [-0.4, -0.2) is 54.6 Å². The molecule has 2 aliphatic heterocycles. The van der Waals surface area contributed by atoms with E-state index in [4.69, 9.17) is 23.9 Å². The average Bonchev–Trinajstić information content (AvgIpc) is 3.35. The Kier molecular flexibility index (Phi) is 7.27. The Bertz CT molecular complexity index is 887. The van der Waals surface area contributed by atoms with Crippen molar-refractivity contribution in [3.63, 3.8) is 0 Å². The molecule has 2 saturated heterocycles. The van der Waals surface area contributed by atoms with Crippen LogP contribution >= 0.6 is 0 Å². The zero-order valence-corrected chi connectivity index (χ0v) is 19.5. The van der Waals surface area contributed by atoms with E-state index >= 15 is 0 Å². The van der Waals surface area contributed by atoms with E-state index in [1.807, 2.05) is 18.3 Å². The molecule has 3 heterocycles. The van der Waals surface area contributed by atoms with Crippen LogP contribution in [0.4, 0.5) is 5.95 Å². The maximum atomic E-state index is 6.30. The molecule has 1 aromatic carbocycles. The van der Waals surface area contributed by atoms with Crippen molar-refractivity contribution in [2.75, 3.05) is 31.7 Å². The van der Waals surface area contributed by atoms with E-state index in [0.29, 0.717) is 24.5 Å². The topological polar surface area (TPSA) is 74.7 Å². The number of benzene rings is 1. The lowest BCUT2D eigenvalue weighted by Crippen LogP contribution is -2.26. The summed E-state index contributed by atoms with van der Waals surface area (Å²) in [6, 6.07) is 8.57. The van der Waals surface area contributed by atoms with Crippen LogP contribution in [0.25, 0.3) is 11.1 Å². The molecule has 3 fully saturated rings. The summed E-state index contributed by atoms with van der Waals surface area (Å²) in [5, 5.41) is 3.54. The number of hydrogen-bond acceptors (Lipinski definition) is 7. The molecular weight excluding hydrogens is 418 g/mol. The predicted molar refractivity (Wildman–Crippen MR) is 127 cm³/mol. The number of rotatable bonds is 7. The zero-order valence-electron chi connectivity index (χ0n) is 19.5. The first-order valence-electron chi connectivity index (χ1n) is 12.5. The first-order valence-corrected chi connectivity index (χ1v) is 12.5. The predicted octanol–water partition coefficient (Wildman–Crippen LogP) is 4.86. The van der Waals surface area contributed by atoms with Crippen LogP contribution in [0.1, 0.15) is 51.9 Å². The molecule has 1 unspecified atom stereocenters. The molecular formula is C26H35N3O4. The Morgan fingerprint density at radius 1 is 0.848 bits per heavy atom. The molecule has 1 saturated carbocycles. The lowest BCUT2D eigenvalue weighted by atomic mass is 9.87. The molecule has 178 valence electrons. The lowest BCUT2D eigenvalue weighted by Gasteiger charge is -2.27. The zero-order chi connectivity index (χ0) is 22.5. The third kappa shape index (κ3) is 5.95. The quantitative estimate of drug-likeness (QED) is 0.642. The van der Waals surface area contributed by atoms with Crippen molar-refractivity contribution in [1.29, 1.82) is 0 Å². The van der Waals surface area contributed by atoms with Gasteiger partial charge in [0.1, 0.15) is 18.0 Å². The Morgan fingerprint density at radius 2 is 1.58 bits per heavy atom. The summed E-state index contributed by atoms with van der Waals surface area (Å²) in [4.78, 5) is 9.44. The van der Waals surface area contributed by atoms with Gasteiger partial charge >= 0.3 is 0 Å². The fourth-order valence-corrected chi connectivity index (χ4v) is 4.77. The van der Waals surface area contributed by atoms with Gasteiger partial charge in [0.15, 0.2) is 0 Å². The molecule has 2 aromatic rings. The van der Waals surface area contributed by atoms with Gasteiger partial charge in [-0.15, -0.1) is 0 Å². The van der Waals surface area contributed by atoms with E-state index in [0.717, 1.165) is 74.7 Å². The van der Waals surface area contributed by atoms with E-state index in [1.165, 1.54) is 12.8 Å². The molecule has 1 atom stereocenters. The maximum Gasteiger partial charge on any atom is 0.226 e. The minimum absolute atomic E-state index is 0.0261. The third-order valence-electron chi connectivity index (χ3n) is 6.91. The second-order valence-electron chi connectivity index (χ2n) is 9.57. The van der Waals surface area contributed by atoms with Gasteiger partial charge in [0.2, 0.25) is 11.8 Å². The molecule has 0 amide bonds. The Labute approximate surface area is 196 Å². The van der Waals surface area contributed by atoms with Gasteiger partial charge in [-0.1, -0.05) is 19.1 Å². The first-order chi connectivity index (χ1) is 16.2. The molecule has 33 heavy (non-hydrogen) atoms. The van der Waals surface area contributed by atoms with Crippen LogP contribution < -0.4 is 14.8 Å². The number of aromatic nitrogens is 2. The fourth-order valence-electron chi connectivity index (χ4n) is 4.77. The van der Waals surface area contributed by atoms with E-state index < -0.39 is 0 Å². The number of anilines is 1. The van der Waals surface area contributed by atoms with Crippen molar-refractivity contribution in [2.45, 2.75) is 70.1 Å². The minimum Gasteiger partial charge on any atom is -0.490 e. The van der Waals surface area contributed by atoms with Crippen molar-refractivity contribution < 1.29 is 18.9 Å². The molecule has 0 bridgehead atoms. The summed E-state index contributed by atoms with van der Waals surface area (Å²) in [6.45, 7) is 5.20. The van der Waals surface area contributed by atoms with Gasteiger partial charge in [-0.25, -0.2) is 4.98 Å². The molecule has 0 radical (unpaired) electrons. The monoisotopic (exact) mass is 453 g/mol. The van der Waals surface area contributed by atoms with Gasteiger partial charge < -0.3 is 24.3 Å². The Balaban J connectivity index is 1.32. The SMILES string of the molecule is CC1CCC(Nc2ncc(-c3ccc(OC4CCOCC4)cc3)c(OC3CCOC3)n2)CC1. The van der Waals surface area contributed by atoms with E-state index in [2.05, 4.69) is 29.4 Å². The van der Waals surface area contributed by atoms with Crippen LogP contribution in [-0.2, 0) is 9.47 Å². The molecule has 0 spiro atoms. The maximum absolute atomic E-state index is 6.30. The molecule has 1 aromatic heterocycles. The van der Waals surface area contributed by atoms with Crippen LogP contribution in [0.15, 0.2) is 30.5 Å². The van der Waals surface area contributed by atoms with Crippen LogP contribution in [0, 0.1) is 5.92 Å². The van der Waals surface area contributed by atoms with E-state index in [1.54, 1.807) is 0 Å². The smallest absolute Gasteiger partial charge is 0.226 e. The van der Waals surface area contributed by atoms with Crippen molar-refractivity contribution >= 4 is 5.95 Å². The average molecular weight is 454 g/mol. The number of nitrogens with zero attached hydrogens (tertiary/aromatic N) is 2. The molecule has 1 aliphatic carbocycles. The Hall–Kier alpha value is -2.38. The highest BCUT2D eigenvalue weighted by molar-refractivity contribution is 5.69. The van der Waals surface area contributed by atoms with Crippen molar-refractivity contribution in [3.8, 4) is 22.8 Å². The van der Waals surface area contributed by atoms with Gasteiger partial charge in [0.05, 0.1) is 32.0 Å². The fraction of sp³-hybridized carbons (Fsp3) is 0.615. The summed E-state index contributed by atoms with van der Waals surface area (Å²) in [7, 11) is 0. The van der Waals surface area contributed by atoms with Crippen LogP contribution in [0.3, 0.4) is 0 Å². The Morgan fingerprint density at radius 3 is 2.30 bits per heavy atom. The molecule has 7 nitrogen and oxygen atoms in total. The summed E-state index contributed by atoms with van der Waals surface area (Å²) >= 11 is 0. The highest BCUT2D eigenvalue weighted by Crippen LogP contribution is 2.33. The normalized spacial score (nSPS) is 26.2. The number of ether oxygens (including phenoxy) is 4. The lowest BCUT2D eigenvalue weighted by molar-refractivity contribution is 0.0256. The van der Waals surface area contributed by atoms with Gasteiger partial charge in [0, 0.05) is 31.5 Å². The first kappa shape index (κ1) is 22.4. The van der Waals surface area contributed by atoms with Gasteiger partial charge in [-0.05, 0) is 49.3 Å². The van der Waals surface area contributed by atoms with Gasteiger partial charge in [0.25, 0.3) is 0 Å². The highest BCUT2D eigenvalue weighted by Gasteiger charge is 2.23.